The summed E-state index contributed by atoms with van der Waals surface area (Å²) in [7, 11) is 1.83. The van der Waals surface area contributed by atoms with Crippen molar-refractivity contribution in [3.05, 3.63) is 83.3 Å². The van der Waals surface area contributed by atoms with Crippen molar-refractivity contribution in [1.82, 2.24) is 44.7 Å². The average molecular weight is 874 g/mol. The number of nitrogens with one attached hydrogen (secondary N) is 2. The van der Waals surface area contributed by atoms with Gasteiger partial charge in [0.1, 0.15) is 11.9 Å². The molecule has 0 spiro atoms. The molecule has 64 heavy (non-hydrogen) atoms. The topological polar surface area (TPSA) is 187 Å². The van der Waals surface area contributed by atoms with E-state index in [1.54, 1.807) is 16.0 Å². The second kappa shape index (κ2) is 18.4. The number of piperazine rings is 2. The Bertz CT molecular complexity index is 2290. The van der Waals surface area contributed by atoms with Gasteiger partial charge in [0.2, 0.25) is 11.8 Å². The molecule has 6 aliphatic rings. The molecule has 18 nitrogen and oxygen atoms in total. The van der Waals surface area contributed by atoms with Gasteiger partial charge in [0.15, 0.2) is 11.5 Å². The molecule has 7 heterocycles. The maximum atomic E-state index is 13.5. The van der Waals surface area contributed by atoms with Crippen molar-refractivity contribution in [1.29, 1.82) is 0 Å². The number of nitrogens with two attached hydrogens (primary N) is 1. The number of carbonyl (C=O) groups excluding carboxylic acids is 5. The van der Waals surface area contributed by atoms with Gasteiger partial charge in [-0.25, -0.2) is 14.8 Å². The van der Waals surface area contributed by atoms with Crippen LogP contribution in [-0.4, -0.2) is 180 Å². The zero-order valence-corrected chi connectivity index (χ0v) is 36.7. The Hall–Kier alpha value is -6.27. The summed E-state index contributed by atoms with van der Waals surface area (Å²) in [5, 5.41) is 6.09. The maximum absolute atomic E-state index is 13.5. The number of fused-ring (bicyclic) bond motifs is 1. The lowest BCUT2D eigenvalue weighted by Crippen LogP contribution is -2.54. The summed E-state index contributed by atoms with van der Waals surface area (Å²) in [5.74, 6) is 0.167. The van der Waals surface area contributed by atoms with Gasteiger partial charge in [0.05, 0.1) is 18.8 Å². The molecule has 18 heteroatoms. The molecular weight excluding hydrogens is 815 g/mol. The van der Waals surface area contributed by atoms with Gasteiger partial charge in [-0.1, -0.05) is 18.7 Å². The number of amides is 6. The van der Waals surface area contributed by atoms with Crippen molar-refractivity contribution in [2.24, 2.45) is 5.73 Å². The van der Waals surface area contributed by atoms with E-state index in [2.05, 4.69) is 47.9 Å². The summed E-state index contributed by atoms with van der Waals surface area (Å²) in [6.45, 7) is 14.6. The van der Waals surface area contributed by atoms with Gasteiger partial charge < -0.3 is 50.7 Å². The van der Waals surface area contributed by atoms with Crippen LogP contribution in [0.1, 0.15) is 57.7 Å². The van der Waals surface area contributed by atoms with Crippen molar-refractivity contribution < 1.29 is 24.0 Å². The highest BCUT2D eigenvalue weighted by molar-refractivity contribution is 6.02. The third-order valence-corrected chi connectivity index (χ3v) is 13.8. The fraction of sp³-hybridized carbons (Fsp3) is 0.500. The quantitative estimate of drug-likeness (QED) is 0.241. The van der Waals surface area contributed by atoms with Crippen LogP contribution in [0.2, 0.25) is 0 Å². The first kappa shape index (κ1) is 43.0. The fourth-order valence-corrected chi connectivity index (χ4v) is 10.0. The Balaban J connectivity index is 0.721. The van der Waals surface area contributed by atoms with Gasteiger partial charge in [-0.3, -0.25) is 24.1 Å². The minimum Gasteiger partial charge on any atom is -0.368 e. The lowest BCUT2D eigenvalue weighted by atomic mass is 10.0. The van der Waals surface area contributed by atoms with Crippen molar-refractivity contribution in [3.8, 4) is 0 Å². The van der Waals surface area contributed by atoms with Crippen LogP contribution in [0, 0.1) is 0 Å². The number of allylic oxidation sites excluding steroid dienone is 1. The minimum atomic E-state index is -0.675. The molecule has 3 aromatic rings. The maximum Gasteiger partial charge on any atom is 0.320 e. The number of primary amides is 1. The summed E-state index contributed by atoms with van der Waals surface area (Å²) >= 11 is 0. The summed E-state index contributed by atoms with van der Waals surface area (Å²) < 4.78 is 0. The van der Waals surface area contributed by atoms with E-state index in [4.69, 9.17) is 10.7 Å². The predicted molar refractivity (Wildman–Crippen MR) is 242 cm³/mol. The summed E-state index contributed by atoms with van der Waals surface area (Å²) in [4.78, 5) is 90.2. The van der Waals surface area contributed by atoms with E-state index >= 15 is 0 Å². The van der Waals surface area contributed by atoms with Crippen molar-refractivity contribution >= 4 is 52.7 Å². The molecule has 1 unspecified atom stereocenters. The molecule has 2 aromatic carbocycles. The van der Waals surface area contributed by atoms with Crippen LogP contribution in [-0.2, 0) is 22.6 Å². The zero-order chi connectivity index (χ0) is 44.5. The van der Waals surface area contributed by atoms with Crippen LogP contribution in [0.25, 0.3) is 0 Å². The van der Waals surface area contributed by atoms with E-state index in [0.717, 1.165) is 101 Å². The highest BCUT2D eigenvalue weighted by atomic mass is 16.2. The largest absolute Gasteiger partial charge is 0.368 e. The lowest BCUT2D eigenvalue weighted by molar-refractivity contribution is -0.133. The molecule has 6 aliphatic heterocycles. The second-order valence-corrected chi connectivity index (χ2v) is 17.9. The Kier molecular flexibility index (Phi) is 12.4. The van der Waals surface area contributed by atoms with E-state index in [9.17, 15) is 24.0 Å². The van der Waals surface area contributed by atoms with Crippen molar-refractivity contribution in [3.63, 3.8) is 0 Å². The summed E-state index contributed by atoms with van der Waals surface area (Å²) in [6, 6.07) is 13.5. The molecule has 0 bridgehead atoms. The number of anilines is 4. The first-order valence-corrected chi connectivity index (χ1v) is 22.7. The van der Waals surface area contributed by atoms with Gasteiger partial charge in [0, 0.05) is 121 Å². The second-order valence-electron chi connectivity index (χ2n) is 17.9. The molecule has 4 N–H and O–H groups in total. The third-order valence-electron chi connectivity index (χ3n) is 13.8. The molecule has 9 rings (SSSR count). The number of aromatic nitrogens is 2. The first-order valence-electron chi connectivity index (χ1n) is 22.7. The zero-order valence-electron chi connectivity index (χ0n) is 36.7. The van der Waals surface area contributed by atoms with Crippen LogP contribution in [0.15, 0.2) is 60.9 Å². The molecule has 338 valence electrons. The van der Waals surface area contributed by atoms with Gasteiger partial charge in [-0.2, -0.15) is 0 Å². The standard InChI is InChI=1S/C46H59N13O5/c1-31-8-13-38(44(62)49-31)59-29-37-32(5-3-7-36(37)45(59)63)14-16-53-18-20-54(21-19-53)30-40(60)56-24-22-55(23-25-56)34-11-9-33(10-12-34)50-43-41(42(47)61)48-27-39(51-43)57-15-4-6-35(28-57)58-26-17-52(2)46(58)64/h3,5,7,9-12,27,35,38H,1,4,6,8,13-26,28-30H2,2H3,(H2,47,61)(H,49,62)(H,50,51)/t35-,38?/m1/s1. The van der Waals surface area contributed by atoms with Crippen molar-refractivity contribution in [2.75, 3.05) is 114 Å². The Labute approximate surface area is 374 Å². The van der Waals surface area contributed by atoms with Gasteiger partial charge in [0.25, 0.3) is 11.8 Å². The van der Waals surface area contributed by atoms with Gasteiger partial charge in [-0.15, -0.1) is 0 Å². The lowest BCUT2D eigenvalue weighted by Gasteiger charge is -2.38. The number of piperidine rings is 2. The monoisotopic (exact) mass is 873 g/mol. The number of nitrogens with zero attached hydrogens (tertiary/aromatic N) is 10. The number of benzene rings is 2. The smallest absolute Gasteiger partial charge is 0.320 e. The van der Waals surface area contributed by atoms with Crippen LogP contribution < -0.4 is 26.2 Å². The Morgan fingerprint density at radius 2 is 1.64 bits per heavy atom. The molecule has 5 saturated heterocycles. The first-order chi connectivity index (χ1) is 31.0. The average Bonchev–Trinajstić information content (AvgIpc) is 3.83. The molecule has 2 atom stereocenters. The number of hydrogen-bond donors (Lipinski definition) is 3. The van der Waals surface area contributed by atoms with E-state index in [1.165, 1.54) is 0 Å². The van der Waals surface area contributed by atoms with Crippen LogP contribution in [0.3, 0.4) is 0 Å². The third kappa shape index (κ3) is 9.06. The Morgan fingerprint density at radius 3 is 2.36 bits per heavy atom. The fourth-order valence-electron chi connectivity index (χ4n) is 10.0. The minimum absolute atomic E-state index is 0.0548. The van der Waals surface area contributed by atoms with Gasteiger partial charge >= 0.3 is 6.03 Å². The normalized spacial score (nSPS) is 22.3. The number of urea groups is 1. The van der Waals surface area contributed by atoms with Crippen LogP contribution >= 0.6 is 0 Å². The SMILES string of the molecule is C=C1CCC(N2Cc3c(CCN4CCN(CC(=O)N5CCN(c6ccc(Nc7nc(N8CCC[C@@H](N9CCN(C)C9=O)C8)cnc7C(N)=O)cc6)CC5)CC4)cccc3C2=O)C(=O)N1. The van der Waals surface area contributed by atoms with Crippen molar-refractivity contribution in [2.45, 2.75) is 50.7 Å². The highest BCUT2D eigenvalue weighted by Crippen LogP contribution is 2.32. The number of rotatable bonds is 12. The molecule has 0 aliphatic carbocycles. The van der Waals surface area contributed by atoms with E-state index in [-0.39, 0.29) is 41.3 Å². The van der Waals surface area contributed by atoms with E-state index in [1.807, 2.05) is 53.2 Å². The summed E-state index contributed by atoms with van der Waals surface area (Å²) in [6.07, 6.45) is 5.51. The van der Waals surface area contributed by atoms with Crippen LogP contribution in [0.5, 0.6) is 0 Å². The van der Waals surface area contributed by atoms with E-state index in [0.29, 0.717) is 69.2 Å². The number of carbonyl (C=O) groups is 5. The highest BCUT2D eigenvalue weighted by Gasteiger charge is 2.39. The molecule has 6 amide bonds. The number of hydrogen-bond acceptors (Lipinski definition) is 12. The van der Waals surface area contributed by atoms with E-state index < -0.39 is 11.9 Å². The summed E-state index contributed by atoms with van der Waals surface area (Å²) in [5.41, 5.74) is 11.1. The molecule has 0 saturated carbocycles. The molecule has 5 fully saturated rings. The molecule has 1 aromatic heterocycles. The predicted octanol–water partition coefficient (Wildman–Crippen LogP) is 1.91. The Morgan fingerprint density at radius 1 is 0.875 bits per heavy atom. The number of likely N-dealkylation sites (N-methyl/N-ethyl adjacent to an activating group) is 1. The van der Waals surface area contributed by atoms with Gasteiger partial charge in [-0.05, 0) is 73.6 Å². The van der Waals surface area contributed by atoms with Crippen LogP contribution in [0.4, 0.5) is 27.8 Å². The molecular formula is C46H59N13O5. The molecule has 0 radical (unpaired) electrons.